The van der Waals surface area contributed by atoms with E-state index in [0.29, 0.717) is 50.3 Å². The van der Waals surface area contributed by atoms with Gasteiger partial charge in [-0.2, -0.15) is 0 Å². The van der Waals surface area contributed by atoms with Crippen LogP contribution in [0.2, 0.25) is 0 Å². The maximum atomic E-state index is 12.6. The molecule has 1 unspecified atom stereocenters. The molecule has 9 nitrogen and oxygen atoms in total. The number of aryl methyl sites for hydroxylation is 1. The van der Waals surface area contributed by atoms with Crippen molar-refractivity contribution in [1.82, 2.24) is 25.1 Å². The van der Waals surface area contributed by atoms with E-state index >= 15 is 0 Å². The van der Waals surface area contributed by atoms with Gasteiger partial charge in [-0.15, -0.1) is 0 Å². The van der Waals surface area contributed by atoms with Crippen molar-refractivity contribution in [3.63, 3.8) is 0 Å². The summed E-state index contributed by atoms with van der Waals surface area (Å²) in [7, 11) is 0. The average Bonchev–Trinajstić information content (AvgIpc) is 2.76. The van der Waals surface area contributed by atoms with Crippen LogP contribution >= 0.6 is 0 Å². The molecule has 0 aliphatic carbocycles. The van der Waals surface area contributed by atoms with Crippen molar-refractivity contribution in [2.45, 2.75) is 45.6 Å². The molecule has 2 N–H and O–H groups in total. The Morgan fingerprint density at radius 3 is 2.69 bits per heavy atom. The summed E-state index contributed by atoms with van der Waals surface area (Å²) in [6, 6.07) is -1.25. The van der Waals surface area contributed by atoms with Gasteiger partial charge in [-0.3, -0.25) is 19.3 Å². The first kappa shape index (κ1) is 18.1. The minimum Gasteiger partial charge on any atom is -0.342 e. The first-order valence-corrected chi connectivity index (χ1v) is 8.89. The molecule has 1 aromatic heterocycles. The molecule has 3 heterocycles. The van der Waals surface area contributed by atoms with E-state index < -0.39 is 12.1 Å². The number of carbonyl (C=O) groups excluding carboxylic acids is 3. The number of imide groups is 1. The molecule has 1 fully saturated rings. The van der Waals surface area contributed by atoms with Crippen molar-refractivity contribution in [2.24, 2.45) is 0 Å². The van der Waals surface area contributed by atoms with Gasteiger partial charge >= 0.3 is 6.03 Å². The Hall–Kier alpha value is -2.71. The number of aromatic amines is 1. The number of amides is 4. The summed E-state index contributed by atoms with van der Waals surface area (Å²) in [5, 5.41) is 2.58. The van der Waals surface area contributed by atoms with Crippen LogP contribution in [0.1, 0.15) is 36.8 Å². The second-order valence-corrected chi connectivity index (χ2v) is 6.65. The summed E-state index contributed by atoms with van der Waals surface area (Å²) in [6.07, 6.45) is 1.53. The summed E-state index contributed by atoms with van der Waals surface area (Å²) in [5.74, 6) is 0.00352. The quantitative estimate of drug-likeness (QED) is 0.716. The highest BCUT2D eigenvalue weighted by Crippen LogP contribution is 2.15. The van der Waals surface area contributed by atoms with Crippen LogP contribution in [0, 0.1) is 6.92 Å². The van der Waals surface area contributed by atoms with Crippen molar-refractivity contribution < 1.29 is 14.4 Å². The minimum atomic E-state index is -0.809. The van der Waals surface area contributed by atoms with E-state index in [1.165, 1.54) is 0 Å². The van der Waals surface area contributed by atoms with E-state index in [1.54, 1.807) is 11.8 Å². The monoisotopic (exact) mass is 361 g/mol. The van der Waals surface area contributed by atoms with Gasteiger partial charge in [-0.25, -0.2) is 9.78 Å². The Morgan fingerprint density at radius 1 is 1.23 bits per heavy atom. The van der Waals surface area contributed by atoms with Gasteiger partial charge in [0.1, 0.15) is 11.9 Å². The fourth-order valence-electron chi connectivity index (χ4n) is 3.44. The third-order valence-corrected chi connectivity index (χ3v) is 4.76. The number of H-pyrrole nitrogens is 1. The van der Waals surface area contributed by atoms with Crippen LogP contribution in [0.5, 0.6) is 0 Å². The van der Waals surface area contributed by atoms with Gasteiger partial charge in [0.15, 0.2) is 0 Å². The molecule has 1 aromatic rings. The molecule has 1 atom stereocenters. The SMILES string of the molecule is CCCN1C(=O)NC(CC(=O)N2CCc3nc(C)[nH]c(=O)c3CC2)C1=O. The summed E-state index contributed by atoms with van der Waals surface area (Å²) >= 11 is 0. The Morgan fingerprint density at radius 2 is 1.96 bits per heavy atom. The number of urea groups is 1. The number of rotatable bonds is 4. The van der Waals surface area contributed by atoms with Crippen molar-refractivity contribution in [3.05, 3.63) is 27.4 Å². The van der Waals surface area contributed by atoms with E-state index in [9.17, 15) is 19.2 Å². The molecule has 0 bridgehead atoms. The zero-order valence-corrected chi connectivity index (χ0v) is 15.0. The van der Waals surface area contributed by atoms with Crippen molar-refractivity contribution in [3.8, 4) is 0 Å². The van der Waals surface area contributed by atoms with E-state index in [0.717, 1.165) is 10.6 Å². The van der Waals surface area contributed by atoms with Crippen LogP contribution in [-0.2, 0) is 22.4 Å². The summed E-state index contributed by atoms with van der Waals surface area (Å²) in [6.45, 7) is 4.79. The van der Waals surface area contributed by atoms with E-state index in [1.807, 2.05) is 6.92 Å². The van der Waals surface area contributed by atoms with E-state index in [4.69, 9.17) is 0 Å². The van der Waals surface area contributed by atoms with E-state index in [2.05, 4.69) is 15.3 Å². The van der Waals surface area contributed by atoms with Gasteiger partial charge < -0.3 is 15.2 Å². The van der Waals surface area contributed by atoms with Gasteiger partial charge in [0, 0.05) is 31.6 Å². The minimum absolute atomic E-state index is 0.0655. The molecule has 3 rings (SSSR count). The lowest BCUT2D eigenvalue weighted by Gasteiger charge is -2.21. The Kier molecular flexibility index (Phi) is 5.06. The van der Waals surface area contributed by atoms with Crippen LogP contribution in [0.15, 0.2) is 4.79 Å². The summed E-state index contributed by atoms with van der Waals surface area (Å²) < 4.78 is 0. The maximum absolute atomic E-state index is 12.6. The zero-order chi connectivity index (χ0) is 18.8. The fraction of sp³-hybridized carbons (Fsp3) is 0.588. The van der Waals surface area contributed by atoms with Crippen LogP contribution < -0.4 is 10.9 Å². The number of nitrogens with one attached hydrogen (secondary N) is 2. The predicted molar refractivity (Wildman–Crippen MR) is 92.5 cm³/mol. The second-order valence-electron chi connectivity index (χ2n) is 6.65. The van der Waals surface area contributed by atoms with Gasteiger partial charge in [0.25, 0.3) is 11.5 Å². The molecular weight excluding hydrogens is 338 g/mol. The highest BCUT2D eigenvalue weighted by Gasteiger charge is 2.39. The first-order valence-electron chi connectivity index (χ1n) is 8.89. The molecule has 0 aromatic carbocycles. The maximum Gasteiger partial charge on any atom is 0.324 e. The lowest BCUT2D eigenvalue weighted by atomic mass is 10.1. The van der Waals surface area contributed by atoms with Crippen LogP contribution in [0.25, 0.3) is 0 Å². The van der Waals surface area contributed by atoms with Crippen molar-refractivity contribution in [1.29, 1.82) is 0 Å². The standard InChI is InChI=1S/C17H23N5O4/c1-3-6-22-16(25)13(20-17(22)26)9-14(23)21-7-4-11-12(5-8-21)18-10(2)19-15(11)24/h13H,3-9H2,1-2H3,(H,20,26)(H,18,19,24). The molecule has 9 heteroatoms. The number of aromatic nitrogens is 2. The first-order chi connectivity index (χ1) is 12.4. The molecule has 26 heavy (non-hydrogen) atoms. The molecule has 0 saturated carbocycles. The Bertz CT molecular complexity index is 803. The highest BCUT2D eigenvalue weighted by molar-refractivity contribution is 6.05. The van der Waals surface area contributed by atoms with Gasteiger partial charge in [0.2, 0.25) is 5.91 Å². The number of hydrogen-bond donors (Lipinski definition) is 2. The summed E-state index contributed by atoms with van der Waals surface area (Å²) in [5.41, 5.74) is 1.18. The lowest BCUT2D eigenvalue weighted by Crippen LogP contribution is -2.40. The number of fused-ring (bicyclic) bond motifs is 1. The lowest BCUT2D eigenvalue weighted by molar-refractivity contribution is -0.135. The fourth-order valence-corrected chi connectivity index (χ4v) is 3.44. The normalized spacial score (nSPS) is 20.0. The Balaban J connectivity index is 1.65. The third kappa shape index (κ3) is 3.47. The van der Waals surface area contributed by atoms with Gasteiger partial charge in [-0.1, -0.05) is 6.92 Å². The topological polar surface area (TPSA) is 115 Å². The smallest absolute Gasteiger partial charge is 0.324 e. The third-order valence-electron chi connectivity index (χ3n) is 4.76. The Labute approximate surface area is 150 Å². The van der Waals surface area contributed by atoms with Gasteiger partial charge in [0.05, 0.1) is 12.1 Å². The molecule has 1 saturated heterocycles. The van der Waals surface area contributed by atoms with Crippen molar-refractivity contribution in [2.75, 3.05) is 19.6 Å². The highest BCUT2D eigenvalue weighted by atomic mass is 16.2. The molecule has 0 spiro atoms. The molecule has 140 valence electrons. The van der Waals surface area contributed by atoms with Crippen LogP contribution in [-0.4, -0.2) is 63.3 Å². The van der Waals surface area contributed by atoms with Gasteiger partial charge in [-0.05, 0) is 19.8 Å². The molecule has 2 aliphatic heterocycles. The van der Waals surface area contributed by atoms with Crippen molar-refractivity contribution >= 4 is 17.8 Å². The van der Waals surface area contributed by atoms with Crippen LogP contribution in [0.4, 0.5) is 4.79 Å². The molecular formula is C17H23N5O4. The largest absolute Gasteiger partial charge is 0.342 e. The second kappa shape index (κ2) is 7.27. The predicted octanol–water partition coefficient (Wildman–Crippen LogP) is -0.274. The van der Waals surface area contributed by atoms with Crippen LogP contribution in [0.3, 0.4) is 0 Å². The number of hydrogen-bond acceptors (Lipinski definition) is 5. The molecule has 4 amide bonds. The average molecular weight is 361 g/mol. The summed E-state index contributed by atoms with van der Waals surface area (Å²) in [4.78, 5) is 58.7. The van der Waals surface area contributed by atoms with E-state index in [-0.39, 0.29) is 23.8 Å². The number of carbonyl (C=O) groups is 3. The number of nitrogens with zero attached hydrogens (tertiary/aromatic N) is 3. The molecule has 2 aliphatic rings. The molecule has 0 radical (unpaired) electrons. The zero-order valence-electron chi connectivity index (χ0n) is 15.0.